The van der Waals surface area contributed by atoms with Crippen molar-refractivity contribution in [2.45, 2.75) is 25.3 Å². The van der Waals surface area contributed by atoms with E-state index in [1.165, 1.54) is 12.0 Å². The van der Waals surface area contributed by atoms with Gasteiger partial charge < -0.3 is 10.6 Å². The van der Waals surface area contributed by atoms with E-state index in [0.717, 1.165) is 17.0 Å². The Kier molecular flexibility index (Phi) is 5.02. The van der Waals surface area contributed by atoms with Gasteiger partial charge in [-0.1, -0.05) is 34.1 Å². The zero-order chi connectivity index (χ0) is 13.7. The number of rotatable bonds is 5. The van der Waals surface area contributed by atoms with Crippen LogP contribution in [0.1, 0.15) is 24.8 Å². The first-order valence-corrected chi connectivity index (χ1v) is 7.45. The third-order valence-electron chi connectivity index (χ3n) is 3.13. The van der Waals surface area contributed by atoms with E-state index in [4.69, 9.17) is 0 Å². The number of benzene rings is 1. The number of halogens is 1. The first kappa shape index (κ1) is 14.1. The highest BCUT2D eigenvalue weighted by Gasteiger charge is 2.38. The van der Waals surface area contributed by atoms with Gasteiger partial charge in [0.15, 0.2) is 5.96 Å². The fourth-order valence-corrected chi connectivity index (χ4v) is 2.35. The molecule has 0 amide bonds. The van der Waals surface area contributed by atoms with E-state index in [-0.39, 0.29) is 0 Å². The molecule has 2 atom stereocenters. The zero-order valence-electron chi connectivity index (χ0n) is 11.2. The third-order valence-corrected chi connectivity index (χ3v) is 3.66. The summed E-state index contributed by atoms with van der Waals surface area (Å²) in [6, 6.07) is 9.06. The molecule has 1 aromatic carbocycles. The second-order valence-corrected chi connectivity index (χ2v) is 5.57. The number of hydrogen-bond acceptors (Lipinski definition) is 1. The number of aliphatic imine (C=N–C) groups is 1. The van der Waals surface area contributed by atoms with Crippen LogP contribution in [0.3, 0.4) is 0 Å². The summed E-state index contributed by atoms with van der Waals surface area (Å²) in [5.41, 5.74) is 1.39. The first-order valence-electron chi connectivity index (χ1n) is 6.65. The Morgan fingerprint density at radius 2 is 2.21 bits per heavy atom. The molecule has 1 saturated carbocycles. The SMILES string of the molecule is C=CCN=C(NCC)NC1CC1c1ccc(Br)cc1. The fourth-order valence-electron chi connectivity index (χ4n) is 2.08. The van der Waals surface area contributed by atoms with Crippen molar-refractivity contribution in [1.29, 1.82) is 0 Å². The van der Waals surface area contributed by atoms with Gasteiger partial charge >= 0.3 is 0 Å². The largest absolute Gasteiger partial charge is 0.357 e. The fraction of sp³-hybridized carbons (Fsp3) is 0.400. The molecule has 0 heterocycles. The van der Waals surface area contributed by atoms with Crippen molar-refractivity contribution in [2.24, 2.45) is 4.99 Å². The summed E-state index contributed by atoms with van der Waals surface area (Å²) in [7, 11) is 0. The summed E-state index contributed by atoms with van der Waals surface area (Å²) in [6.45, 7) is 7.28. The minimum atomic E-state index is 0.490. The normalized spacial score (nSPS) is 21.9. The summed E-state index contributed by atoms with van der Waals surface area (Å²) in [6.07, 6.45) is 2.97. The Morgan fingerprint density at radius 3 is 2.84 bits per heavy atom. The molecule has 2 N–H and O–H groups in total. The van der Waals surface area contributed by atoms with Crippen LogP contribution in [0.25, 0.3) is 0 Å². The Bertz CT molecular complexity index is 453. The van der Waals surface area contributed by atoms with Crippen LogP contribution in [0, 0.1) is 0 Å². The molecule has 0 spiro atoms. The molecule has 0 aliphatic heterocycles. The summed E-state index contributed by atoms with van der Waals surface area (Å²) in [5.74, 6) is 1.48. The van der Waals surface area contributed by atoms with E-state index in [2.05, 4.69) is 69.3 Å². The molecule has 1 aliphatic rings. The van der Waals surface area contributed by atoms with E-state index in [0.29, 0.717) is 18.5 Å². The van der Waals surface area contributed by atoms with Crippen molar-refractivity contribution >= 4 is 21.9 Å². The summed E-state index contributed by atoms with van der Waals surface area (Å²) >= 11 is 3.47. The van der Waals surface area contributed by atoms with Crippen molar-refractivity contribution in [3.05, 3.63) is 47.0 Å². The highest BCUT2D eigenvalue weighted by Crippen LogP contribution is 2.40. The lowest BCUT2D eigenvalue weighted by Gasteiger charge is -2.10. The summed E-state index contributed by atoms with van der Waals surface area (Å²) in [4.78, 5) is 4.42. The van der Waals surface area contributed by atoms with Crippen LogP contribution in [-0.2, 0) is 0 Å². The van der Waals surface area contributed by atoms with E-state index in [9.17, 15) is 0 Å². The van der Waals surface area contributed by atoms with E-state index in [1.54, 1.807) is 6.08 Å². The lowest BCUT2D eigenvalue weighted by molar-refractivity contribution is 0.802. The predicted molar refractivity (Wildman–Crippen MR) is 84.6 cm³/mol. The first-order chi connectivity index (χ1) is 9.24. The molecule has 0 bridgehead atoms. The van der Waals surface area contributed by atoms with Crippen LogP contribution in [-0.4, -0.2) is 25.1 Å². The average Bonchev–Trinajstić information content (AvgIpc) is 3.16. The number of nitrogens with one attached hydrogen (secondary N) is 2. The molecular formula is C15H20BrN3. The monoisotopic (exact) mass is 321 g/mol. The molecule has 102 valence electrons. The van der Waals surface area contributed by atoms with Gasteiger partial charge in [0.05, 0.1) is 6.54 Å². The molecule has 2 unspecified atom stereocenters. The summed E-state index contributed by atoms with van der Waals surface area (Å²) < 4.78 is 1.13. The smallest absolute Gasteiger partial charge is 0.191 e. The minimum Gasteiger partial charge on any atom is -0.357 e. The van der Waals surface area contributed by atoms with Crippen LogP contribution >= 0.6 is 15.9 Å². The molecule has 1 fully saturated rings. The van der Waals surface area contributed by atoms with E-state index in [1.807, 2.05) is 0 Å². The summed E-state index contributed by atoms with van der Waals surface area (Å²) in [5, 5.41) is 6.72. The average molecular weight is 322 g/mol. The molecule has 0 radical (unpaired) electrons. The predicted octanol–water partition coefficient (Wildman–Crippen LogP) is 3.05. The van der Waals surface area contributed by atoms with Crippen LogP contribution in [0.5, 0.6) is 0 Å². The maximum atomic E-state index is 4.42. The lowest BCUT2D eigenvalue weighted by Crippen LogP contribution is -2.39. The Balaban J connectivity index is 1.91. The highest BCUT2D eigenvalue weighted by atomic mass is 79.9. The Hall–Kier alpha value is -1.29. The van der Waals surface area contributed by atoms with Crippen molar-refractivity contribution in [3.63, 3.8) is 0 Å². The number of nitrogens with zero attached hydrogens (tertiary/aromatic N) is 1. The van der Waals surface area contributed by atoms with Crippen LogP contribution in [0.4, 0.5) is 0 Å². The zero-order valence-corrected chi connectivity index (χ0v) is 12.8. The molecule has 4 heteroatoms. The maximum absolute atomic E-state index is 4.42. The number of hydrogen-bond donors (Lipinski definition) is 2. The molecule has 1 aromatic rings. The van der Waals surface area contributed by atoms with Crippen LogP contribution < -0.4 is 10.6 Å². The molecule has 3 nitrogen and oxygen atoms in total. The molecule has 2 rings (SSSR count). The third kappa shape index (κ3) is 4.10. The van der Waals surface area contributed by atoms with Gasteiger partial charge in [-0.05, 0) is 31.0 Å². The molecule has 0 aromatic heterocycles. The Labute approximate surface area is 123 Å². The second kappa shape index (κ2) is 6.75. The molecular weight excluding hydrogens is 302 g/mol. The van der Waals surface area contributed by atoms with Gasteiger partial charge in [-0.3, -0.25) is 0 Å². The standard InChI is InChI=1S/C15H20BrN3/c1-3-9-18-15(17-4-2)19-14-10-13(14)11-5-7-12(16)8-6-11/h3,5-8,13-14H,1,4,9-10H2,2H3,(H2,17,18,19). The quantitative estimate of drug-likeness (QED) is 0.497. The topological polar surface area (TPSA) is 36.4 Å². The van der Waals surface area contributed by atoms with Gasteiger partial charge in [-0.15, -0.1) is 6.58 Å². The van der Waals surface area contributed by atoms with Crippen LogP contribution in [0.2, 0.25) is 0 Å². The van der Waals surface area contributed by atoms with Crippen LogP contribution in [0.15, 0.2) is 46.4 Å². The van der Waals surface area contributed by atoms with Crippen molar-refractivity contribution in [3.8, 4) is 0 Å². The van der Waals surface area contributed by atoms with E-state index >= 15 is 0 Å². The maximum Gasteiger partial charge on any atom is 0.191 e. The minimum absolute atomic E-state index is 0.490. The number of guanidine groups is 1. The van der Waals surface area contributed by atoms with Gasteiger partial charge in [0, 0.05) is 23.0 Å². The molecule has 19 heavy (non-hydrogen) atoms. The van der Waals surface area contributed by atoms with Crippen molar-refractivity contribution < 1.29 is 0 Å². The van der Waals surface area contributed by atoms with Crippen molar-refractivity contribution in [2.75, 3.05) is 13.1 Å². The highest BCUT2D eigenvalue weighted by molar-refractivity contribution is 9.10. The molecule has 0 saturated heterocycles. The Morgan fingerprint density at radius 1 is 1.47 bits per heavy atom. The second-order valence-electron chi connectivity index (χ2n) is 4.65. The van der Waals surface area contributed by atoms with E-state index < -0.39 is 0 Å². The van der Waals surface area contributed by atoms with Gasteiger partial charge in [-0.25, -0.2) is 4.99 Å². The molecule has 1 aliphatic carbocycles. The van der Waals surface area contributed by atoms with Crippen molar-refractivity contribution in [1.82, 2.24) is 10.6 Å². The van der Waals surface area contributed by atoms with Gasteiger partial charge in [0.1, 0.15) is 0 Å². The van der Waals surface area contributed by atoms with Gasteiger partial charge in [-0.2, -0.15) is 0 Å². The van der Waals surface area contributed by atoms with Gasteiger partial charge in [0.2, 0.25) is 0 Å². The van der Waals surface area contributed by atoms with Gasteiger partial charge in [0.25, 0.3) is 0 Å². The lowest BCUT2D eigenvalue weighted by atomic mass is 10.1.